The van der Waals surface area contributed by atoms with E-state index in [0.717, 1.165) is 25.9 Å². The largest absolute Gasteiger partial charge is 0.393 e. The van der Waals surface area contributed by atoms with Crippen LogP contribution < -0.4 is 5.32 Å². The van der Waals surface area contributed by atoms with Gasteiger partial charge in [0.05, 0.1) is 6.10 Å². The van der Waals surface area contributed by atoms with Gasteiger partial charge < -0.3 is 15.3 Å². The minimum Gasteiger partial charge on any atom is -0.393 e. The molecule has 0 bridgehead atoms. The number of aliphatic hydroxyl groups is 1. The van der Waals surface area contributed by atoms with Crippen LogP contribution in [0.25, 0.3) is 0 Å². The van der Waals surface area contributed by atoms with Crippen molar-refractivity contribution in [1.82, 2.24) is 10.2 Å². The molecule has 3 nitrogen and oxygen atoms in total. The monoisotopic (exact) mass is 206 g/mol. The Kier molecular flexibility index (Phi) is 3.57. The van der Waals surface area contributed by atoms with Crippen LogP contribution in [-0.2, 0) is 0 Å². The van der Waals surface area contributed by atoms with Crippen molar-refractivity contribution in [1.29, 1.82) is 0 Å². The first-order valence-electron chi connectivity index (χ1n) is 4.82. The van der Waals surface area contributed by atoms with Gasteiger partial charge in [-0.25, -0.2) is 0 Å². The second kappa shape index (κ2) is 4.13. The van der Waals surface area contributed by atoms with Crippen molar-refractivity contribution in [3.63, 3.8) is 0 Å². The van der Waals surface area contributed by atoms with Crippen LogP contribution in [0.3, 0.4) is 0 Å². The lowest BCUT2D eigenvalue weighted by Crippen LogP contribution is -2.53. The van der Waals surface area contributed by atoms with E-state index in [1.807, 2.05) is 0 Å². The third-order valence-electron chi connectivity index (χ3n) is 3.15. The van der Waals surface area contributed by atoms with Gasteiger partial charge in [0.1, 0.15) is 0 Å². The average Bonchev–Trinajstić information content (AvgIpc) is 2.32. The molecule has 78 valence electrons. The first kappa shape index (κ1) is 11.2. The van der Waals surface area contributed by atoms with Crippen LogP contribution in [0, 0.1) is 0 Å². The maximum Gasteiger partial charge on any atom is 0.0570 e. The third kappa shape index (κ3) is 2.34. The van der Waals surface area contributed by atoms with Crippen LogP contribution in [-0.4, -0.2) is 48.3 Å². The lowest BCUT2D eigenvalue weighted by Gasteiger charge is -2.37. The van der Waals surface area contributed by atoms with E-state index in [1.165, 1.54) is 13.0 Å². The van der Waals surface area contributed by atoms with Gasteiger partial charge in [0.25, 0.3) is 0 Å². The van der Waals surface area contributed by atoms with Crippen LogP contribution in [0.4, 0.5) is 0 Å². The summed E-state index contributed by atoms with van der Waals surface area (Å²) in [6.07, 6.45) is 2.99. The van der Waals surface area contributed by atoms with Gasteiger partial charge >= 0.3 is 0 Å². The van der Waals surface area contributed by atoms with Crippen molar-refractivity contribution in [2.75, 3.05) is 26.7 Å². The summed E-state index contributed by atoms with van der Waals surface area (Å²) in [5.74, 6) is 0. The Hall–Kier alpha value is 0.170. The van der Waals surface area contributed by atoms with Gasteiger partial charge in [-0.15, -0.1) is 12.4 Å². The Bertz CT molecular complexity index is 175. The number of hydrogen-bond acceptors (Lipinski definition) is 3. The Morgan fingerprint density at radius 3 is 2.85 bits per heavy atom. The summed E-state index contributed by atoms with van der Waals surface area (Å²) in [6, 6.07) is 0. The van der Waals surface area contributed by atoms with Gasteiger partial charge in [-0.05, 0) is 39.4 Å². The number of nitrogens with zero attached hydrogens (tertiary/aromatic N) is 1. The molecule has 0 saturated carbocycles. The van der Waals surface area contributed by atoms with E-state index >= 15 is 0 Å². The normalized spacial score (nSPS) is 40.6. The molecule has 2 N–H and O–H groups in total. The predicted octanol–water partition coefficient (Wildman–Crippen LogP) is 0.227. The highest BCUT2D eigenvalue weighted by Crippen LogP contribution is 2.28. The molecule has 1 spiro atoms. The number of nitrogens with one attached hydrogen (secondary N) is 1. The fourth-order valence-electron chi connectivity index (χ4n) is 2.52. The Morgan fingerprint density at radius 2 is 2.31 bits per heavy atom. The molecule has 0 aromatic heterocycles. The van der Waals surface area contributed by atoms with Crippen molar-refractivity contribution in [2.45, 2.75) is 30.9 Å². The summed E-state index contributed by atoms with van der Waals surface area (Å²) in [7, 11) is 2.15. The zero-order valence-corrected chi connectivity index (χ0v) is 8.94. The van der Waals surface area contributed by atoms with Crippen LogP contribution >= 0.6 is 12.4 Å². The smallest absolute Gasteiger partial charge is 0.0570 e. The molecule has 4 heteroatoms. The van der Waals surface area contributed by atoms with Gasteiger partial charge in [-0.1, -0.05) is 0 Å². The summed E-state index contributed by atoms with van der Waals surface area (Å²) in [6.45, 7) is 3.25. The summed E-state index contributed by atoms with van der Waals surface area (Å²) >= 11 is 0. The van der Waals surface area contributed by atoms with Crippen LogP contribution in [0.1, 0.15) is 19.3 Å². The molecular formula is C9H19ClN2O. The molecule has 2 atom stereocenters. The van der Waals surface area contributed by atoms with E-state index in [0.29, 0.717) is 0 Å². The third-order valence-corrected chi connectivity index (χ3v) is 3.15. The van der Waals surface area contributed by atoms with E-state index in [-0.39, 0.29) is 24.0 Å². The topological polar surface area (TPSA) is 35.5 Å². The minimum absolute atomic E-state index is 0. The number of likely N-dealkylation sites (N-methyl/N-ethyl adjacent to an activating group) is 1. The fourth-order valence-corrected chi connectivity index (χ4v) is 2.52. The van der Waals surface area contributed by atoms with Crippen molar-refractivity contribution in [2.24, 2.45) is 0 Å². The van der Waals surface area contributed by atoms with Gasteiger partial charge in [0, 0.05) is 12.1 Å². The van der Waals surface area contributed by atoms with E-state index in [4.69, 9.17) is 0 Å². The molecule has 0 aromatic rings. The molecular weight excluding hydrogens is 188 g/mol. The summed E-state index contributed by atoms with van der Waals surface area (Å²) in [4.78, 5) is 2.34. The summed E-state index contributed by atoms with van der Waals surface area (Å²) < 4.78 is 0. The minimum atomic E-state index is -0.0715. The van der Waals surface area contributed by atoms with Crippen molar-refractivity contribution in [3.05, 3.63) is 0 Å². The van der Waals surface area contributed by atoms with Crippen molar-refractivity contribution in [3.8, 4) is 0 Å². The maximum atomic E-state index is 9.56. The van der Waals surface area contributed by atoms with Crippen molar-refractivity contribution >= 4 is 12.4 Å². The van der Waals surface area contributed by atoms with Gasteiger partial charge in [-0.2, -0.15) is 0 Å². The quantitative estimate of drug-likeness (QED) is 0.596. The van der Waals surface area contributed by atoms with Gasteiger partial charge in [-0.3, -0.25) is 0 Å². The number of piperidine rings is 1. The second-order valence-electron chi connectivity index (χ2n) is 4.34. The SMILES string of the molecule is CN1CCC2(CC(O)CCN2)C1.Cl. The van der Waals surface area contributed by atoms with Crippen molar-refractivity contribution < 1.29 is 5.11 Å². The van der Waals surface area contributed by atoms with E-state index in [9.17, 15) is 5.11 Å². The van der Waals surface area contributed by atoms with E-state index in [1.54, 1.807) is 0 Å². The number of aliphatic hydroxyl groups excluding tert-OH is 1. The summed E-state index contributed by atoms with van der Waals surface area (Å²) in [5, 5.41) is 13.1. The molecule has 0 amide bonds. The van der Waals surface area contributed by atoms with Gasteiger partial charge in [0.15, 0.2) is 0 Å². The molecule has 0 radical (unpaired) electrons. The van der Waals surface area contributed by atoms with E-state index in [2.05, 4.69) is 17.3 Å². The molecule has 2 aliphatic heterocycles. The zero-order chi connectivity index (χ0) is 8.60. The molecule has 2 unspecified atom stereocenters. The molecule has 2 aliphatic rings. The summed E-state index contributed by atoms with van der Waals surface area (Å²) in [5.41, 5.74) is 0.242. The lowest BCUT2D eigenvalue weighted by atomic mass is 9.86. The highest BCUT2D eigenvalue weighted by molar-refractivity contribution is 5.85. The number of hydrogen-bond donors (Lipinski definition) is 2. The molecule has 2 rings (SSSR count). The average molecular weight is 207 g/mol. The van der Waals surface area contributed by atoms with Crippen LogP contribution in [0.2, 0.25) is 0 Å². The molecule has 2 heterocycles. The first-order chi connectivity index (χ1) is 5.70. The molecule has 0 aliphatic carbocycles. The lowest BCUT2D eigenvalue weighted by molar-refractivity contribution is 0.0809. The van der Waals surface area contributed by atoms with E-state index < -0.39 is 0 Å². The zero-order valence-electron chi connectivity index (χ0n) is 8.12. The van der Waals surface area contributed by atoms with Gasteiger partial charge in [0.2, 0.25) is 0 Å². The van der Waals surface area contributed by atoms with Crippen LogP contribution in [0.5, 0.6) is 0 Å². The molecule has 0 aromatic carbocycles. The number of rotatable bonds is 0. The fraction of sp³-hybridized carbons (Fsp3) is 1.00. The molecule has 2 saturated heterocycles. The molecule has 2 fully saturated rings. The second-order valence-corrected chi connectivity index (χ2v) is 4.34. The predicted molar refractivity (Wildman–Crippen MR) is 55.3 cm³/mol. The number of halogens is 1. The first-order valence-corrected chi connectivity index (χ1v) is 4.82. The number of likely N-dealkylation sites (tertiary alicyclic amines) is 1. The highest BCUT2D eigenvalue weighted by Gasteiger charge is 2.39. The maximum absolute atomic E-state index is 9.56. The molecule has 13 heavy (non-hydrogen) atoms. The highest BCUT2D eigenvalue weighted by atomic mass is 35.5. The standard InChI is InChI=1S/C9H18N2O.ClH/c1-11-5-3-9(7-11)6-8(12)2-4-10-9;/h8,10,12H,2-7H2,1H3;1H. The Labute approximate surface area is 85.9 Å². The van der Waals surface area contributed by atoms with Crippen LogP contribution in [0.15, 0.2) is 0 Å². The Balaban J connectivity index is 0.000000845. The Morgan fingerprint density at radius 1 is 1.54 bits per heavy atom.